The van der Waals surface area contributed by atoms with Crippen molar-refractivity contribution in [2.45, 2.75) is 39.2 Å². The van der Waals surface area contributed by atoms with Gasteiger partial charge in [-0.2, -0.15) is 0 Å². The molecule has 0 saturated heterocycles. The number of hydrogen-bond acceptors (Lipinski definition) is 2. The molecule has 0 heterocycles. The van der Waals surface area contributed by atoms with Crippen LogP contribution in [0.25, 0.3) is 0 Å². The van der Waals surface area contributed by atoms with Gasteiger partial charge in [-0.05, 0) is 24.0 Å². The summed E-state index contributed by atoms with van der Waals surface area (Å²) in [5.74, 6) is -0.0502. The second-order valence-electron chi connectivity index (χ2n) is 5.79. The summed E-state index contributed by atoms with van der Waals surface area (Å²) in [7, 11) is 1.73. The van der Waals surface area contributed by atoms with Gasteiger partial charge < -0.3 is 10.6 Å². The fourth-order valence-electron chi connectivity index (χ4n) is 1.88. The van der Waals surface area contributed by atoms with Crippen LogP contribution < -0.4 is 5.73 Å². The number of thiocarbonyl (C=S) groups is 1. The summed E-state index contributed by atoms with van der Waals surface area (Å²) in [5, 5.41) is 0. The molecule has 0 aromatic heterocycles. The van der Waals surface area contributed by atoms with Crippen LogP contribution in [0.1, 0.15) is 43.6 Å². The largest absolute Gasteiger partial charge is 0.392 e. The van der Waals surface area contributed by atoms with Gasteiger partial charge in [-0.15, -0.1) is 0 Å². The van der Waals surface area contributed by atoms with Gasteiger partial charge in [-0.1, -0.05) is 51.2 Å². The van der Waals surface area contributed by atoms with Gasteiger partial charge in [-0.3, -0.25) is 4.79 Å². The molecule has 104 valence electrons. The van der Waals surface area contributed by atoms with Crippen molar-refractivity contribution in [2.24, 2.45) is 5.73 Å². The lowest BCUT2D eigenvalue weighted by molar-refractivity contribution is 0.0776. The van der Waals surface area contributed by atoms with Crippen LogP contribution in [0.3, 0.4) is 0 Å². The molecule has 1 amide bonds. The molecule has 0 saturated carbocycles. The van der Waals surface area contributed by atoms with Gasteiger partial charge in [0.25, 0.3) is 5.91 Å². The molecule has 0 bridgehead atoms. The molecular weight excluding hydrogens is 256 g/mol. The third-order valence-corrected chi connectivity index (χ3v) is 3.62. The maximum Gasteiger partial charge on any atom is 0.254 e. The molecule has 0 aliphatic heterocycles. The molecule has 1 aromatic rings. The zero-order valence-corrected chi connectivity index (χ0v) is 13.0. The molecule has 0 radical (unpaired) electrons. The van der Waals surface area contributed by atoms with E-state index in [4.69, 9.17) is 18.0 Å². The summed E-state index contributed by atoms with van der Waals surface area (Å²) < 4.78 is 0. The quantitative estimate of drug-likeness (QED) is 0.865. The van der Waals surface area contributed by atoms with Gasteiger partial charge in [0.1, 0.15) is 0 Å². The predicted molar refractivity (Wildman–Crippen MR) is 83.5 cm³/mol. The van der Waals surface area contributed by atoms with Crippen LogP contribution >= 0.6 is 12.2 Å². The first kappa shape index (κ1) is 15.6. The number of nitrogens with two attached hydrogens (primary N) is 1. The second-order valence-corrected chi connectivity index (χ2v) is 6.26. The highest BCUT2D eigenvalue weighted by Gasteiger charge is 2.25. The van der Waals surface area contributed by atoms with Crippen molar-refractivity contribution in [2.75, 3.05) is 7.05 Å². The zero-order chi connectivity index (χ0) is 14.8. The number of hydrogen-bond donors (Lipinski definition) is 1. The van der Waals surface area contributed by atoms with E-state index in [9.17, 15) is 4.79 Å². The standard InChI is InChI=1S/C15H22N2OS/c1-10(13(16)19)17(5)14(18)11-8-6-7-9-12(11)15(2,3)4/h6-10H,1-5H3,(H2,16,19). The summed E-state index contributed by atoms with van der Waals surface area (Å²) >= 11 is 4.95. The lowest BCUT2D eigenvalue weighted by Gasteiger charge is -2.28. The predicted octanol–water partition coefficient (Wildman–Crippen LogP) is 2.73. The van der Waals surface area contributed by atoms with Crippen LogP contribution in [-0.4, -0.2) is 28.9 Å². The zero-order valence-electron chi connectivity index (χ0n) is 12.2. The fraction of sp³-hybridized carbons (Fsp3) is 0.467. The molecular formula is C15H22N2OS. The Morgan fingerprint density at radius 2 is 1.84 bits per heavy atom. The van der Waals surface area contributed by atoms with Crippen molar-refractivity contribution in [1.29, 1.82) is 0 Å². The summed E-state index contributed by atoms with van der Waals surface area (Å²) in [6.07, 6.45) is 0. The van der Waals surface area contributed by atoms with Crippen LogP contribution in [0.5, 0.6) is 0 Å². The molecule has 0 aliphatic rings. The summed E-state index contributed by atoms with van der Waals surface area (Å²) in [4.78, 5) is 14.5. The van der Waals surface area contributed by atoms with Crippen LogP contribution in [0.2, 0.25) is 0 Å². The van der Waals surface area contributed by atoms with Gasteiger partial charge in [0.2, 0.25) is 0 Å². The molecule has 0 aliphatic carbocycles. The first-order valence-electron chi connectivity index (χ1n) is 6.32. The number of carbonyl (C=O) groups excluding carboxylic acids is 1. The van der Waals surface area contributed by atoms with Crippen LogP contribution in [0, 0.1) is 0 Å². The number of benzene rings is 1. The van der Waals surface area contributed by atoms with Gasteiger partial charge >= 0.3 is 0 Å². The molecule has 1 aromatic carbocycles. The van der Waals surface area contributed by atoms with E-state index in [0.717, 1.165) is 5.56 Å². The average molecular weight is 278 g/mol. The third kappa shape index (κ3) is 3.53. The minimum atomic E-state index is -0.254. The minimum Gasteiger partial charge on any atom is -0.392 e. The van der Waals surface area contributed by atoms with Crippen LogP contribution in [0.4, 0.5) is 0 Å². The number of likely N-dealkylation sites (N-methyl/N-ethyl adjacent to an activating group) is 1. The van der Waals surface area contributed by atoms with Crippen molar-refractivity contribution in [3.63, 3.8) is 0 Å². The number of nitrogens with zero attached hydrogens (tertiary/aromatic N) is 1. The van der Waals surface area contributed by atoms with E-state index in [1.807, 2.05) is 31.2 Å². The van der Waals surface area contributed by atoms with E-state index in [2.05, 4.69) is 20.8 Å². The van der Waals surface area contributed by atoms with E-state index >= 15 is 0 Å². The summed E-state index contributed by atoms with van der Waals surface area (Å²) in [6, 6.07) is 7.42. The van der Waals surface area contributed by atoms with E-state index in [-0.39, 0.29) is 17.4 Å². The number of carbonyl (C=O) groups is 1. The van der Waals surface area contributed by atoms with Gasteiger partial charge in [0, 0.05) is 12.6 Å². The molecule has 4 heteroatoms. The summed E-state index contributed by atoms with van der Waals surface area (Å²) in [6.45, 7) is 8.11. The first-order chi connectivity index (χ1) is 8.66. The highest BCUT2D eigenvalue weighted by atomic mass is 32.1. The highest BCUT2D eigenvalue weighted by Crippen LogP contribution is 2.26. The van der Waals surface area contributed by atoms with Gasteiger partial charge in [0.15, 0.2) is 0 Å². The van der Waals surface area contributed by atoms with Crippen molar-refractivity contribution < 1.29 is 4.79 Å². The average Bonchev–Trinajstić information content (AvgIpc) is 2.35. The lowest BCUT2D eigenvalue weighted by Crippen LogP contribution is -2.43. The summed E-state index contributed by atoms with van der Waals surface area (Å²) in [5.41, 5.74) is 7.27. The van der Waals surface area contributed by atoms with E-state index < -0.39 is 0 Å². The Balaban J connectivity index is 3.17. The van der Waals surface area contributed by atoms with Crippen molar-refractivity contribution >= 4 is 23.1 Å². The van der Waals surface area contributed by atoms with Crippen LogP contribution in [-0.2, 0) is 5.41 Å². The number of amides is 1. The SMILES string of the molecule is CC(C(N)=S)N(C)C(=O)c1ccccc1C(C)(C)C. The van der Waals surface area contributed by atoms with E-state index in [0.29, 0.717) is 10.6 Å². The van der Waals surface area contributed by atoms with Crippen molar-refractivity contribution in [3.05, 3.63) is 35.4 Å². The lowest BCUT2D eigenvalue weighted by atomic mass is 9.83. The molecule has 1 rings (SSSR count). The molecule has 0 fully saturated rings. The van der Waals surface area contributed by atoms with Crippen LogP contribution in [0.15, 0.2) is 24.3 Å². The highest BCUT2D eigenvalue weighted by molar-refractivity contribution is 7.80. The Bertz CT molecular complexity index is 491. The van der Waals surface area contributed by atoms with Gasteiger partial charge in [0.05, 0.1) is 11.0 Å². The maximum atomic E-state index is 12.6. The smallest absolute Gasteiger partial charge is 0.254 e. The van der Waals surface area contributed by atoms with E-state index in [1.165, 1.54) is 0 Å². The van der Waals surface area contributed by atoms with Crippen molar-refractivity contribution in [1.82, 2.24) is 4.90 Å². The fourth-order valence-corrected chi connectivity index (χ4v) is 2.04. The molecule has 2 N–H and O–H groups in total. The molecule has 19 heavy (non-hydrogen) atoms. The maximum absolute atomic E-state index is 12.6. The topological polar surface area (TPSA) is 46.3 Å². The van der Waals surface area contributed by atoms with E-state index in [1.54, 1.807) is 11.9 Å². The van der Waals surface area contributed by atoms with Crippen molar-refractivity contribution in [3.8, 4) is 0 Å². The Morgan fingerprint density at radius 3 is 2.32 bits per heavy atom. The number of rotatable bonds is 3. The molecule has 0 spiro atoms. The Labute approximate surface area is 120 Å². The molecule has 3 nitrogen and oxygen atoms in total. The Morgan fingerprint density at radius 1 is 1.32 bits per heavy atom. The Kier molecular flexibility index (Phi) is 4.69. The monoisotopic (exact) mass is 278 g/mol. The Hall–Kier alpha value is -1.42. The normalized spacial score (nSPS) is 12.9. The minimum absolute atomic E-state index is 0.0502. The van der Waals surface area contributed by atoms with Gasteiger partial charge in [-0.25, -0.2) is 0 Å². The molecule has 1 atom stereocenters. The second kappa shape index (κ2) is 5.70. The first-order valence-corrected chi connectivity index (χ1v) is 6.73. The third-order valence-electron chi connectivity index (χ3n) is 3.28. The molecule has 1 unspecified atom stereocenters.